The normalized spacial score (nSPS) is 11.2. The van der Waals surface area contributed by atoms with Crippen LogP contribution in [0.15, 0.2) is 42.5 Å². The maximum Gasteiger partial charge on any atom is 0.416 e. The Bertz CT molecular complexity index is 661. The first-order chi connectivity index (χ1) is 9.82. The van der Waals surface area contributed by atoms with E-state index in [0.29, 0.717) is 11.1 Å². The second kappa shape index (κ2) is 5.47. The van der Waals surface area contributed by atoms with Crippen molar-refractivity contribution in [3.05, 3.63) is 53.6 Å². The monoisotopic (exact) mass is 296 g/mol. The molecule has 2 aromatic rings. The van der Waals surface area contributed by atoms with Gasteiger partial charge in [-0.3, -0.25) is 0 Å². The lowest BCUT2D eigenvalue weighted by atomic mass is 10.0. The number of halogens is 3. The Morgan fingerprint density at radius 2 is 1.62 bits per heavy atom. The SMILES string of the molecule is COC(=O)c1cc(-c2ccc(C(F)(F)F)cc2)ccc1O. The lowest BCUT2D eigenvalue weighted by molar-refractivity contribution is -0.137. The van der Waals surface area contributed by atoms with Crippen molar-refractivity contribution in [1.29, 1.82) is 0 Å². The summed E-state index contributed by atoms with van der Waals surface area (Å²) < 4.78 is 42.0. The number of ether oxygens (including phenoxy) is 1. The molecular formula is C15H11F3O3. The quantitative estimate of drug-likeness (QED) is 0.856. The van der Waals surface area contributed by atoms with E-state index in [0.717, 1.165) is 12.1 Å². The van der Waals surface area contributed by atoms with E-state index in [1.807, 2.05) is 0 Å². The van der Waals surface area contributed by atoms with E-state index in [4.69, 9.17) is 0 Å². The summed E-state index contributed by atoms with van der Waals surface area (Å²) in [5, 5.41) is 9.58. The van der Waals surface area contributed by atoms with Crippen molar-refractivity contribution in [1.82, 2.24) is 0 Å². The molecule has 0 unspecified atom stereocenters. The highest BCUT2D eigenvalue weighted by Crippen LogP contribution is 2.32. The molecule has 0 aliphatic heterocycles. The summed E-state index contributed by atoms with van der Waals surface area (Å²) in [7, 11) is 1.17. The Morgan fingerprint density at radius 1 is 1.05 bits per heavy atom. The number of carbonyl (C=O) groups excluding carboxylic acids is 1. The summed E-state index contributed by atoms with van der Waals surface area (Å²) in [6.07, 6.45) is -4.40. The molecule has 0 atom stereocenters. The number of benzene rings is 2. The van der Waals surface area contributed by atoms with Gasteiger partial charge in [0.25, 0.3) is 0 Å². The van der Waals surface area contributed by atoms with Crippen molar-refractivity contribution < 1.29 is 27.8 Å². The second-order valence-electron chi connectivity index (χ2n) is 4.30. The van der Waals surface area contributed by atoms with E-state index in [1.54, 1.807) is 0 Å². The van der Waals surface area contributed by atoms with Crippen LogP contribution in [-0.4, -0.2) is 18.2 Å². The van der Waals surface area contributed by atoms with Crippen molar-refractivity contribution in [2.45, 2.75) is 6.18 Å². The molecule has 2 rings (SSSR count). The van der Waals surface area contributed by atoms with Gasteiger partial charge in [0.05, 0.1) is 12.7 Å². The summed E-state index contributed by atoms with van der Waals surface area (Å²) in [6.45, 7) is 0. The van der Waals surface area contributed by atoms with Crippen molar-refractivity contribution in [3.8, 4) is 16.9 Å². The van der Waals surface area contributed by atoms with Gasteiger partial charge in [0.2, 0.25) is 0 Å². The summed E-state index contributed by atoms with van der Waals surface area (Å²) in [4.78, 5) is 11.5. The van der Waals surface area contributed by atoms with Crippen LogP contribution in [0, 0.1) is 0 Å². The highest BCUT2D eigenvalue weighted by molar-refractivity contribution is 5.94. The first-order valence-corrected chi connectivity index (χ1v) is 5.92. The minimum Gasteiger partial charge on any atom is -0.507 e. The molecule has 1 N–H and O–H groups in total. The van der Waals surface area contributed by atoms with Crippen LogP contribution in [0.5, 0.6) is 5.75 Å². The van der Waals surface area contributed by atoms with Gasteiger partial charge in [-0.15, -0.1) is 0 Å². The zero-order valence-corrected chi connectivity index (χ0v) is 10.9. The average molecular weight is 296 g/mol. The number of phenols is 1. The Balaban J connectivity index is 2.41. The highest BCUT2D eigenvalue weighted by atomic mass is 19.4. The molecular weight excluding hydrogens is 285 g/mol. The third-order valence-corrected chi connectivity index (χ3v) is 2.95. The van der Waals surface area contributed by atoms with Crippen molar-refractivity contribution in [2.24, 2.45) is 0 Å². The number of esters is 1. The van der Waals surface area contributed by atoms with Gasteiger partial charge in [0.1, 0.15) is 11.3 Å². The van der Waals surface area contributed by atoms with Gasteiger partial charge < -0.3 is 9.84 Å². The Morgan fingerprint density at radius 3 is 2.14 bits per heavy atom. The smallest absolute Gasteiger partial charge is 0.416 e. The van der Waals surface area contributed by atoms with E-state index in [9.17, 15) is 23.1 Å². The van der Waals surface area contributed by atoms with Crippen LogP contribution in [0.4, 0.5) is 13.2 Å². The van der Waals surface area contributed by atoms with Gasteiger partial charge in [-0.1, -0.05) is 18.2 Å². The molecule has 0 heterocycles. The molecule has 21 heavy (non-hydrogen) atoms. The molecule has 3 nitrogen and oxygen atoms in total. The van der Waals surface area contributed by atoms with Gasteiger partial charge in [0, 0.05) is 0 Å². The first kappa shape index (κ1) is 14.9. The summed E-state index contributed by atoms with van der Waals surface area (Å²) in [5.74, 6) is -0.973. The number of rotatable bonds is 2. The van der Waals surface area contributed by atoms with Gasteiger partial charge >= 0.3 is 12.1 Å². The second-order valence-corrected chi connectivity index (χ2v) is 4.30. The number of hydrogen-bond donors (Lipinski definition) is 1. The fourth-order valence-corrected chi connectivity index (χ4v) is 1.84. The molecule has 2 aromatic carbocycles. The maximum absolute atomic E-state index is 12.5. The number of phenolic OH excluding ortho intramolecular Hbond substituents is 1. The van der Waals surface area contributed by atoms with Crippen molar-refractivity contribution in [2.75, 3.05) is 7.11 Å². The van der Waals surface area contributed by atoms with E-state index >= 15 is 0 Å². The number of hydrogen-bond acceptors (Lipinski definition) is 3. The topological polar surface area (TPSA) is 46.5 Å². The van der Waals surface area contributed by atoms with Gasteiger partial charge in [0.15, 0.2) is 0 Å². The Hall–Kier alpha value is -2.50. The van der Waals surface area contributed by atoms with E-state index in [1.165, 1.54) is 37.4 Å². The first-order valence-electron chi connectivity index (χ1n) is 5.92. The number of alkyl halides is 3. The lowest BCUT2D eigenvalue weighted by Gasteiger charge is -2.09. The maximum atomic E-state index is 12.5. The molecule has 0 aromatic heterocycles. The third kappa shape index (κ3) is 3.16. The average Bonchev–Trinajstić information content (AvgIpc) is 2.46. The van der Waals surface area contributed by atoms with Crippen LogP contribution < -0.4 is 0 Å². The summed E-state index contributed by atoms with van der Waals surface area (Å²) in [6, 6.07) is 8.68. The van der Waals surface area contributed by atoms with Crippen LogP contribution in [0.1, 0.15) is 15.9 Å². The lowest BCUT2D eigenvalue weighted by Crippen LogP contribution is -2.04. The highest BCUT2D eigenvalue weighted by Gasteiger charge is 2.30. The van der Waals surface area contributed by atoms with Crippen LogP contribution in [0.3, 0.4) is 0 Å². The van der Waals surface area contributed by atoms with Gasteiger partial charge in [-0.25, -0.2) is 4.79 Å². The molecule has 0 saturated carbocycles. The number of carbonyl (C=O) groups is 1. The molecule has 0 saturated heterocycles. The standard InChI is InChI=1S/C15H11F3O3/c1-21-14(20)12-8-10(4-7-13(12)19)9-2-5-11(6-3-9)15(16,17)18/h2-8,19H,1H3. The molecule has 110 valence electrons. The zero-order chi connectivity index (χ0) is 15.6. The predicted octanol–water partition coefficient (Wildman–Crippen LogP) is 3.86. The predicted molar refractivity (Wildman–Crippen MR) is 69.9 cm³/mol. The number of aromatic hydroxyl groups is 1. The summed E-state index contributed by atoms with van der Waals surface area (Å²) in [5.41, 5.74) is 0.197. The van der Waals surface area contributed by atoms with Crippen LogP contribution in [0.25, 0.3) is 11.1 Å². The summed E-state index contributed by atoms with van der Waals surface area (Å²) >= 11 is 0. The van der Waals surface area contributed by atoms with Gasteiger partial charge in [-0.05, 0) is 35.4 Å². The van der Waals surface area contributed by atoms with Crippen molar-refractivity contribution >= 4 is 5.97 Å². The van der Waals surface area contributed by atoms with Gasteiger partial charge in [-0.2, -0.15) is 13.2 Å². The molecule has 0 spiro atoms. The molecule has 0 radical (unpaired) electrons. The fraction of sp³-hybridized carbons (Fsp3) is 0.133. The van der Waals surface area contributed by atoms with Crippen LogP contribution in [0.2, 0.25) is 0 Å². The molecule has 6 heteroatoms. The largest absolute Gasteiger partial charge is 0.507 e. The Kier molecular flexibility index (Phi) is 3.88. The minimum absolute atomic E-state index is 0.0464. The van der Waals surface area contributed by atoms with Crippen LogP contribution in [-0.2, 0) is 10.9 Å². The van der Waals surface area contributed by atoms with E-state index < -0.39 is 17.7 Å². The number of methoxy groups -OCH3 is 1. The Labute approximate surface area is 118 Å². The third-order valence-electron chi connectivity index (χ3n) is 2.95. The zero-order valence-electron chi connectivity index (χ0n) is 10.9. The fourth-order valence-electron chi connectivity index (χ4n) is 1.84. The van der Waals surface area contributed by atoms with E-state index in [-0.39, 0.29) is 11.3 Å². The molecule has 0 amide bonds. The van der Waals surface area contributed by atoms with Crippen molar-refractivity contribution in [3.63, 3.8) is 0 Å². The van der Waals surface area contributed by atoms with E-state index in [2.05, 4.69) is 4.74 Å². The van der Waals surface area contributed by atoms with Crippen LogP contribution >= 0.6 is 0 Å². The molecule has 0 aliphatic rings. The minimum atomic E-state index is -4.40. The molecule has 0 fully saturated rings. The molecule has 0 aliphatic carbocycles. The molecule has 0 bridgehead atoms.